The Morgan fingerprint density at radius 1 is 1.44 bits per heavy atom. The molecule has 1 aliphatic heterocycles. The van der Waals surface area contributed by atoms with E-state index in [-0.39, 0.29) is 0 Å². The second-order valence-corrected chi connectivity index (χ2v) is 5.39. The molecule has 4 nitrogen and oxygen atoms in total. The van der Waals surface area contributed by atoms with Crippen molar-refractivity contribution in [2.24, 2.45) is 0 Å². The maximum atomic E-state index is 5.41. The Kier molecular flexibility index (Phi) is 2.91. The number of rotatable bonds is 1. The number of fused-ring (bicyclic) bond motifs is 3. The highest BCUT2D eigenvalue weighted by Gasteiger charge is 2.21. The Morgan fingerprint density at radius 3 is 3.06 bits per heavy atom. The average Bonchev–Trinajstić information content (AvgIpc) is 2.73. The van der Waals surface area contributed by atoms with Crippen LogP contribution in [-0.4, -0.2) is 19.8 Å². The number of nitrogens with zero attached hydrogens (tertiary/aromatic N) is 3. The zero-order valence-corrected chi connectivity index (χ0v) is 12.2. The molecular weight excluding hydrogens is 312 g/mol. The molecule has 1 aromatic heterocycles. The quantitative estimate of drug-likeness (QED) is 0.818. The van der Waals surface area contributed by atoms with Crippen LogP contribution in [0.5, 0.6) is 0 Å². The van der Waals surface area contributed by atoms with Gasteiger partial charge in [0.15, 0.2) is 5.82 Å². The molecule has 0 bridgehead atoms. The molecule has 0 radical (unpaired) electrons. The van der Waals surface area contributed by atoms with Crippen molar-refractivity contribution in [1.29, 1.82) is 0 Å². The van der Waals surface area contributed by atoms with Crippen molar-refractivity contribution in [2.75, 3.05) is 0 Å². The normalized spacial score (nSPS) is 13.6. The molecule has 0 amide bonds. The van der Waals surface area contributed by atoms with Crippen LogP contribution in [0.1, 0.15) is 24.1 Å². The fourth-order valence-electron chi connectivity index (χ4n) is 2.11. The van der Waals surface area contributed by atoms with Crippen LogP contribution < -0.4 is 5.32 Å². The number of aryl methyl sites for hydroxylation is 1. The minimum Gasteiger partial charge on any atom is -0.368 e. The number of aromatic nitrogens is 3. The molecule has 1 N–H and O–H groups in total. The fraction of sp³-hybridized carbons (Fsp3) is 0.250. The summed E-state index contributed by atoms with van der Waals surface area (Å²) in [5.41, 5.74) is 2.05. The van der Waals surface area contributed by atoms with Gasteiger partial charge in [-0.3, -0.25) is 4.57 Å². The largest absolute Gasteiger partial charge is 0.368 e. The second kappa shape index (κ2) is 4.44. The van der Waals surface area contributed by atoms with Crippen molar-refractivity contribution < 1.29 is 0 Å². The smallest absolute Gasteiger partial charge is 0.157 e. The van der Waals surface area contributed by atoms with Gasteiger partial charge in [-0.15, -0.1) is 10.2 Å². The van der Waals surface area contributed by atoms with E-state index < -0.39 is 0 Å². The summed E-state index contributed by atoms with van der Waals surface area (Å²) in [5, 5.41) is 11.7. The van der Waals surface area contributed by atoms with E-state index in [1.54, 1.807) is 0 Å². The van der Waals surface area contributed by atoms with Crippen LogP contribution in [0.3, 0.4) is 0 Å². The third-order valence-electron chi connectivity index (χ3n) is 2.96. The number of thiocarbonyl (C=S) groups is 1. The highest BCUT2D eigenvalue weighted by molar-refractivity contribution is 9.10. The predicted octanol–water partition coefficient (Wildman–Crippen LogP) is 2.37. The molecular formula is C12H11BrN4S. The van der Waals surface area contributed by atoms with Crippen molar-refractivity contribution in [3.63, 3.8) is 0 Å². The lowest BCUT2D eigenvalue weighted by Gasteiger charge is -2.10. The summed E-state index contributed by atoms with van der Waals surface area (Å²) in [5.74, 6) is 1.86. The van der Waals surface area contributed by atoms with Crippen LogP contribution in [0.25, 0.3) is 5.69 Å². The molecule has 92 valence electrons. The molecule has 0 saturated carbocycles. The molecule has 1 aliphatic rings. The number of halogens is 1. The van der Waals surface area contributed by atoms with E-state index in [2.05, 4.69) is 42.9 Å². The first-order valence-corrected chi connectivity index (χ1v) is 6.92. The van der Waals surface area contributed by atoms with Gasteiger partial charge in [0.25, 0.3) is 0 Å². The highest BCUT2D eigenvalue weighted by atomic mass is 79.9. The third kappa shape index (κ3) is 1.76. The van der Waals surface area contributed by atoms with Gasteiger partial charge in [0.05, 0.1) is 12.2 Å². The summed E-state index contributed by atoms with van der Waals surface area (Å²) < 4.78 is 3.11. The third-order valence-corrected chi connectivity index (χ3v) is 3.82. The molecule has 0 fully saturated rings. The van der Waals surface area contributed by atoms with Gasteiger partial charge in [0, 0.05) is 16.5 Å². The summed E-state index contributed by atoms with van der Waals surface area (Å²) in [6, 6.07) is 6.08. The zero-order chi connectivity index (χ0) is 12.7. The van der Waals surface area contributed by atoms with E-state index in [1.807, 2.05) is 18.2 Å². The topological polar surface area (TPSA) is 42.7 Å². The van der Waals surface area contributed by atoms with Crippen LogP contribution >= 0.6 is 28.1 Å². The second-order valence-electron chi connectivity index (χ2n) is 4.07. The lowest BCUT2D eigenvalue weighted by molar-refractivity contribution is 0.800. The Bertz CT molecular complexity index is 635. The Labute approximate surface area is 119 Å². The van der Waals surface area contributed by atoms with Crippen LogP contribution in [0.15, 0.2) is 22.7 Å². The summed E-state index contributed by atoms with van der Waals surface area (Å²) in [7, 11) is 0. The molecule has 3 rings (SSSR count). The van der Waals surface area contributed by atoms with Crippen molar-refractivity contribution in [2.45, 2.75) is 19.9 Å². The van der Waals surface area contributed by atoms with Gasteiger partial charge in [0.2, 0.25) is 0 Å². The minimum absolute atomic E-state index is 0.609. The van der Waals surface area contributed by atoms with E-state index in [0.29, 0.717) is 6.54 Å². The summed E-state index contributed by atoms with van der Waals surface area (Å²) in [6.45, 7) is 2.69. The van der Waals surface area contributed by atoms with Crippen molar-refractivity contribution >= 4 is 33.1 Å². The average molecular weight is 323 g/mol. The molecule has 2 aromatic rings. The molecule has 0 atom stereocenters. The standard InChI is InChI=1S/C12H11BrN4S/c1-2-10-15-16-11-6-14-12(18)8-5-7(13)3-4-9(8)17(10)11/h3-5H,2,6H2,1H3,(H,14,18). The van der Waals surface area contributed by atoms with Crippen LogP contribution in [0.2, 0.25) is 0 Å². The van der Waals surface area contributed by atoms with Gasteiger partial charge < -0.3 is 5.32 Å². The number of benzene rings is 1. The SMILES string of the molecule is CCc1nnc2n1-c1ccc(Br)cc1C(=S)NC2. The fourth-order valence-corrected chi connectivity index (χ4v) is 2.71. The van der Waals surface area contributed by atoms with Crippen molar-refractivity contribution in [1.82, 2.24) is 20.1 Å². The summed E-state index contributed by atoms with van der Waals surface area (Å²) >= 11 is 8.89. The van der Waals surface area contributed by atoms with Crippen LogP contribution in [0, 0.1) is 0 Å². The first kappa shape index (κ1) is 11.8. The molecule has 0 unspecified atom stereocenters. The van der Waals surface area contributed by atoms with E-state index >= 15 is 0 Å². The van der Waals surface area contributed by atoms with Gasteiger partial charge in [-0.05, 0) is 18.2 Å². The van der Waals surface area contributed by atoms with Gasteiger partial charge in [0.1, 0.15) is 10.8 Å². The lowest BCUT2D eigenvalue weighted by atomic mass is 10.1. The van der Waals surface area contributed by atoms with E-state index in [9.17, 15) is 0 Å². The van der Waals surface area contributed by atoms with Gasteiger partial charge in [-0.25, -0.2) is 0 Å². The number of hydrogen-bond donors (Lipinski definition) is 1. The van der Waals surface area contributed by atoms with Crippen molar-refractivity contribution in [3.05, 3.63) is 39.9 Å². The van der Waals surface area contributed by atoms with Crippen molar-refractivity contribution in [3.8, 4) is 5.69 Å². The molecule has 18 heavy (non-hydrogen) atoms. The van der Waals surface area contributed by atoms with Crippen LogP contribution in [-0.2, 0) is 13.0 Å². The monoisotopic (exact) mass is 322 g/mol. The first-order valence-electron chi connectivity index (χ1n) is 5.72. The van der Waals surface area contributed by atoms with Gasteiger partial charge >= 0.3 is 0 Å². The highest BCUT2D eigenvalue weighted by Crippen LogP contribution is 2.25. The molecule has 1 aromatic carbocycles. The Balaban J connectivity index is 2.31. The molecule has 0 aliphatic carbocycles. The first-order chi connectivity index (χ1) is 8.70. The predicted molar refractivity (Wildman–Crippen MR) is 77.0 cm³/mol. The van der Waals surface area contributed by atoms with Gasteiger partial charge in [-0.2, -0.15) is 0 Å². The minimum atomic E-state index is 0.609. The maximum absolute atomic E-state index is 5.41. The Hall–Kier alpha value is -1.27. The Morgan fingerprint density at radius 2 is 2.28 bits per heavy atom. The van der Waals surface area contributed by atoms with E-state index in [1.165, 1.54) is 0 Å². The summed E-state index contributed by atoms with van der Waals surface area (Å²) in [6.07, 6.45) is 0.843. The molecule has 0 spiro atoms. The molecule has 0 saturated heterocycles. The lowest BCUT2D eigenvalue weighted by Crippen LogP contribution is -2.20. The zero-order valence-electron chi connectivity index (χ0n) is 9.77. The number of nitrogens with one attached hydrogen (secondary N) is 1. The molecule has 2 heterocycles. The van der Waals surface area contributed by atoms with Gasteiger partial charge in [-0.1, -0.05) is 35.1 Å². The summed E-state index contributed by atoms with van der Waals surface area (Å²) in [4.78, 5) is 0.749. The van der Waals surface area contributed by atoms with E-state index in [4.69, 9.17) is 12.2 Å². The molecule has 6 heteroatoms. The van der Waals surface area contributed by atoms with Crippen LogP contribution in [0.4, 0.5) is 0 Å². The number of hydrogen-bond acceptors (Lipinski definition) is 3. The van der Waals surface area contributed by atoms with E-state index in [0.717, 1.165) is 38.8 Å². The maximum Gasteiger partial charge on any atom is 0.157 e.